The number of fused-ring (bicyclic) bond motifs is 9. The molecular weight excluding hydrogens is 514 g/mol. The van der Waals surface area contributed by atoms with Crippen molar-refractivity contribution in [2.45, 2.75) is 43.4 Å². The molecule has 1 aromatic heterocycles. The zero-order valence-electron chi connectivity index (χ0n) is 21.7. The van der Waals surface area contributed by atoms with Gasteiger partial charge >= 0.3 is 4.87 Å². The second-order valence-electron chi connectivity index (χ2n) is 11.1. The topological polar surface area (TPSA) is 73.5 Å². The molecule has 0 unspecified atom stereocenters. The SMILES string of the molecule is CCN(CC)c1ccc([C@H]2c3sc(=O)[nH]c3S[C@H]3[C@@H]4C[C@H]([C@H]5C(=O)N(c6ccc(C)cc6)C(=O)[C@H]45)[C@@H]23)cc1. The van der Waals surface area contributed by atoms with Crippen LogP contribution in [-0.2, 0) is 9.59 Å². The van der Waals surface area contributed by atoms with Crippen molar-refractivity contribution in [1.29, 1.82) is 0 Å². The Morgan fingerprint density at radius 3 is 2.24 bits per heavy atom. The van der Waals surface area contributed by atoms with Gasteiger partial charge < -0.3 is 9.88 Å². The van der Waals surface area contributed by atoms with E-state index in [1.54, 1.807) is 11.8 Å². The van der Waals surface area contributed by atoms with Crippen molar-refractivity contribution in [3.05, 3.63) is 74.2 Å². The van der Waals surface area contributed by atoms with Crippen molar-refractivity contribution < 1.29 is 9.59 Å². The van der Waals surface area contributed by atoms with E-state index < -0.39 is 0 Å². The molecule has 3 heterocycles. The molecule has 2 aliphatic carbocycles. The van der Waals surface area contributed by atoms with E-state index in [4.69, 9.17) is 0 Å². The molecule has 4 aliphatic rings. The summed E-state index contributed by atoms with van der Waals surface area (Å²) in [4.78, 5) is 48.1. The Morgan fingerprint density at radius 1 is 0.921 bits per heavy atom. The highest BCUT2D eigenvalue weighted by Crippen LogP contribution is 2.68. The number of hydrogen-bond acceptors (Lipinski definition) is 6. The van der Waals surface area contributed by atoms with Crippen LogP contribution in [0.25, 0.3) is 0 Å². The molecule has 1 saturated heterocycles. The number of carbonyl (C=O) groups excluding carboxylic acids is 2. The van der Waals surface area contributed by atoms with Gasteiger partial charge in [-0.15, -0.1) is 11.8 Å². The van der Waals surface area contributed by atoms with Crippen molar-refractivity contribution in [2.24, 2.45) is 29.6 Å². The third-order valence-electron chi connectivity index (χ3n) is 9.40. The maximum Gasteiger partial charge on any atom is 0.305 e. The molecule has 8 heteroatoms. The molecule has 196 valence electrons. The van der Waals surface area contributed by atoms with Gasteiger partial charge in [0.1, 0.15) is 0 Å². The van der Waals surface area contributed by atoms with Gasteiger partial charge in [0.15, 0.2) is 0 Å². The summed E-state index contributed by atoms with van der Waals surface area (Å²) in [6, 6.07) is 16.5. The number of rotatable bonds is 5. The van der Waals surface area contributed by atoms with Gasteiger partial charge in [0.2, 0.25) is 11.8 Å². The molecule has 2 aromatic carbocycles. The number of amides is 2. The van der Waals surface area contributed by atoms with Crippen LogP contribution in [0.4, 0.5) is 11.4 Å². The molecule has 38 heavy (non-hydrogen) atoms. The van der Waals surface area contributed by atoms with Crippen molar-refractivity contribution in [2.75, 3.05) is 22.9 Å². The Morgan fingerprint density at radius 2 is 1.58 bits per heavy atom. The van der Waals surface area contributed by atoms with Gasteiger partial charge in [-0.25, -0.2) is 0 Å². The molecule has 7 rings (SSSR count). The first-order valence-electron chi connectivity index (χ1n) is 13.6. The molecule has 2 aliphatic heterocycles. The summed E-state index contributed by atoms with van der Waals surface area (Å²) in [7, 11) is 0. The van der Waals surface area contributed by atoms with Crippen molar-refractivity contribution >= 4 is 46.3 Å². The van der Waals surface area contributed by atoms with Crippen LogP contribution in [0, 0.1) is 36.5 Å². The second-order valence-corrected chi connectivity index (χ2v) is 13.3. The number of nitrogens with zero attached hydrogens (tertiary/aromatic N) is 2. The number of carbonyl (C=O) groups is 2. The number of anilines is 2. The van der Waals surface area contributed by atoms with E-state index in [1.807, 2.05) is 31.2 Å². The number of imide groups is 1. The highest BCUT2D eigenvalue weighted by Gasteiger charge is 2.69. The Kier molecular flexibility index (Phi) is 5.64. The first kappa shape index (κ1) is 24.2. The fourth-order valence-electron chi connectivity index (χ4n) is 7.82. The lowest BCUT2D eigenvalue weighted by Gasteiger charge is -2.43. The molecule has 6 nitrogen and oxygen atoms in total. The highest BCUT2D eigenvalue weighted by molar-refractivity contribution is 8.00. The third kappa shape index (κ3) is 3.35. The number of aromatic amines is 1. The normalized spacial score (nSPS) is 30.9. The van der Waals surface area contributed by atoms with Crippen LogP contribution in [0.15, 0.2) is 58.4 Å². The predicted octanol–water partition coefficient (Wildman–Crippen LogP) is 5.27. The van der Waals surface area contributed by atoms with E-state index in [9.17, 15) is 14.4 Å². The maximum absolute atomic E-state index is 13.9. The summed E-state index contributed by atoms with van der Waals surface area (Å²) in [6.07, 6.45) is 0.907. The Hall–Kier alpha value is -2.84. The standard InChI is InChI=1S/C30H31N3O3S2/c1-4-32(5-2)17-12-8-16(9-13-17)21-22-19-14-20(25(22)37-27-26(21)38-30(36)31-27)24-23(19)28(34)33(29(24)35)18-10-6-15(3)7-11-18/h6-13,19-25H,4-5,14H2,1-3H3,(H,31,36)/t19-,20+,21+,22-,23+,24+,25-/m0/s1. The summed E-state index contributed by atoms with van der Waals surface area (Å²) in [6.45, 7) is 8.23. The fraction of sp³-hybridized carbons (Fsp3) is 0.433. The molecular formula is C30H31N3O3S2. The maximum atomic E-state index is 13.9. The van der Waals surface area contributed by atoms with Crippen molar-refractivity contribution in [3.8, 4) is 0 Å². The molecule has 0 spiro atoms. The van der Waals surface area contributed by atoms with Gasteiger partial charge in [-0.1, -0.05) is 41.2 Å². The van der Waals surface area contributed by atoms with Crippen molar-refractivity contribution in [3.63, 3.8) is 0 Å². The van der Waals surface area contributed by atoms with Gasteiger partial charge in [-0.2, -0.15) is 0 Å². The van der Waals surface area contributed by atoms with E-state index in [1.165, 1.54) is 27.5 Å². The number of aromatic nitrogens is 1. The quantitative estimate of drug-likeness (QED) is 0.443. The third-order valence-corrected chi connectivity index (χ3v) is 12.0. The lowest BCUT2D eigenvalue weighted by atomic mass is 9.68. The molecule has 2 saturated carbocycles. The molecule has 2 amide bonds. The number of aryl methyl sites for hydroxylation is 1. The smallest absolute Gasteiger partial charge is 0.305 e. The molecule has 3 fully saturated rings. The Labute approximate surface area is 230 Å². The number of hydrogen-bond donors (Lipinski definition) is 1. The monoisotopic (exact) mass is 545 g/mol. The predicted molar refractivity (Wildman–Crippen MR) is 152 cm³/mol. The van der Waals surface area contributed by atoms with Crippen LogP contribution in [0.2, 0.25) is 0 Å². The summed E-state index contributed by atoms with van der Waals surface area (Å²) in [5.74, 6) is -0.0698. The van der Waals surface area contributed by atoms with Crippen LogP contribution in [0.1, 0.15) is 42.2 Å². The summed E-state index contributed by atoms with van der Waals surface area (Å²) >= 11 is 3.05. The van der Waals surface area contributed by atoms with E-state index in [0.29, 0.717) is 5.69 Å². The average Bonchev–Trinajstić information content (AvgIpc) is 3.65. The zero-order valence-corrected chi connectivity index (χ0v) is 23.4. The van der Waals surface area contributed by atoms with Crippen LogP contribution >= 0.6 is 23.1 Å². The number of thioether (sulfide) groups is 1. The molecule has 0 radical (unpaired) electrons. The van der Waals surface area contributed by atoms with Crippen LogP contribution in [0.5, 0.6) is 0 Å². The minimum absolute atomic E-state index is 0.0301. The lowest BCUT2D eigenvalue weighted by molar-refractivity contribution is -0.123. The van der Waals surface area contributed by atoms with Gasteiger partial charge in [-0.3, -0.25) is 19.3 Å². The van der Waals surface area contributed by atoms with Crippen LogP contribution in [-0.4, -0.2) is 35.1 Å². The average molecular weight is 546 g/mol. The van der Waals surface area contributed by atoms with Gasteiger partial charge in [0.25, 0.3) is 0 Å². The van der Waals surface area contributed by atoms with E-state index in [0.717, 1.165) is 35.0 Å². The van der Waals surface area contributed by atoms with Gasteiger partial charge in [0, 0.05) is 34.8 Å². The lowest BCUT2D eigenvalue weighted by Crippen LogP contribution is -2.42. The highest BCUT2D eigenvalue weighted by atomic mass is 32.2. The number of benzene rings is 2. The summed E-state index contributed by atoms with van der Waals surface area (Å²) in [5.41, 5.74) is 4.18. The minimum Gasteiger partial charge on any atom is -0.372 e. The summed E-state index contributed by atoms with van der Waals surface area (Å²) < 4.78 is 0. The zero-order chi connectivity index (χ0) is 26.3. The first-order chi connectivity index (χ1) is 18.4. The van der Waals surface area contributed by atoms with E-state index in [2.05, 4.69) is 48.0 Å². The molecule has 1 N–H and O–H groups in total. The molecule has 7 atom stereocenters. The van der Waals surface area contributed by atoms with Crippen molar-refractivity contribution in [1.82, 2.24) is 4.98 Å². The second kappa shape index (κ2) is 8.85. The number of thiazole rings is 1. The summed E-state index contributed by atoms with van der Waals surface area (Å²) in [5, 5.41) is 1.16. The van der Waals surface area contributed by atoms with Crippen LogP contribution in [0.3, 0.4) is 0 Å². The van der Waals surface area contributed by atoms with Crippen LogP contribution < -0.4 is 14.7 Å². The first-order valence-corrected chi connectivity index (χ1v) is 15.3. The largest absolute Gasteiger partial charge is 0.372 e. The number of nitrogens with one attached hydrogen (secondary N) is 1. The van der Waals surface area contributed by atoms with E-state index in [-0.39, 0.29) is 57.4 Å². The van der Waals surface area contributed by atoms with E-state index >= 15 is 0 Å². The van der Waals surface area contributed by atoms with Gasteiger partial charge in [0.05, 0.1) is 22.5 Å². The fourth-order valence-corrected chi connectivity index (χ4v) is 10.7. The Bertz CT molecular complexity index is 1470. The minimum atomic E-state index is -0.273. The van der Waals surface area contributed by atoms with Gasteiger partial charge in [-0.05, 0) is 74.8 Å². The Balaban J connectivity index is 1.28. The molecule has 3 aromatic rings. The number of H-pyrrole nitrogens is 1. The molecule has 2 bridgehead atoms.